The second-order valence-electron chi connectivity index (χ2n) is 4.35. The fourth-order valence-electron chi connectivity index (χ4n) is 1.97. The molecule has 0 bridgehead atoms. The number of piperidine rings is 1. The van der Waals surface area contributed by atoms with Gasteiger partial charge in [-0.05, 0) is 31.7 Å². The fraction of sp³-hybridized carbons (Fsp3) is 0.909. The standard InChI is InChI=1S/C11H22N2O2/c1-3-9(7-14)13-11(15)10-8(2)5-4-6-12-10/h8-10,12,14H,3-7H2,1-2H3,(H,13,15). The van der Waals surface area contributed by atoms with Crippen LogP contribution in [0.2, 0.25) is 0 Å². The molecule has 0 aromatic heterocycles. The second-order valence-corrected chi connectivity index (χ2v) is 4.35. The van der Waals surface area contributed by atoms with Gasteiger partial charge in [0.15, 0.2) is 0 Å². The molecule has 4 heteroatoms. The molecule has 4 nitrogen and oxygen atoms in total. The highest BCUT2D eigenvalue weighted by Crippen LogP contribution is 2.15. The maximum Gasteiger partial charge on any atom is 0.237 e. The van der Waals surface area contributed by atoms with E-state index in [-0.39, 0.29) is 24.6 Å². The molecule has 1 aliphatic rings. The Kier molecular flexibility index (Phi) is 5.05. The van der Waals surface area contributed by atoms with Gasteiger partial charge in [0.1, 0.15) is 0 Å². The topological polar surface area (TPSA) is 61.4 Å². The van der Waals surface area contributed by atoms with Crippen molar-refractivity contribution in [3.8, 4) is 0 Å². The Morgan fingerprint density at radius 3 is 2.93 bits per heavy atom. The fourth-order valence-corrected chi connectivity index (χ4v) is 1.97. The predicted molar refractivity (Wildman–Crippen MR) is 59.5 cm³/mol. The first kappa shape index (κ1) is 12.5. The Morgan fingerprint density at radius 1 is 1.67 bits per heavy atom. The van der Waals surface area contributed by atoms with Crippen molar-refractivity contribution < 1.29 is 9.90 Å². The minimum atomic E-state index is -0.103. The number of amides is 1. The summed E-state index contributed by atoms with van der Waals surface area (Å²) in [7, 11) is 0. The summed E-state index contributed by atoms with van der Waals surface area (Å²) in [5.74, 6) is 0.415. The van der Waals surface area contributed by atoms with E-state index in [1.807, 2.05) is 6.92 Å². The first-order chi connectivity index (χ1) is 7.19. The van der Waals surface area contributed by atoms with Crippen LogP contribution in [0.5, 0.6) is 0 Å². The quantitative estimate of drug-likeness (QED) is 0.629. The van der Waals surface area contributed by atoms with Gasteiger partial charge in [-0.3, -0.25) is 4.79 Å². The molecule has 0 aromatic rings. The lowest BCUT2D eigenvalue weighted by Gasteiger charge is -2.30. The summed E-state index contributed by atoms with van der Waals surface area (Å²) < 4.78 is 0. The summed E-state index contributed by atoms with van der Waals surface area (Å²) in [6.07, 6.45) is 3.01. The van der Waals surface area contributed by atoms with Gasteiger partial charge in [0.05, 0.1) is 18.7 Å². The molecule has 1 heterocycles. The Balaban J connectivity index is 2.44. The molecule has 0 saturated carbocycles. The first-order valence-electron chi connectivity index (χ1n) is 5.83. The van der Waals surface area contributed by atoms with Crippen molar-refractivity contribution in [2.24, 2.45) is 5.92 Å². The minimum Gasteiger partial charge on any atom is -0.394 e. The normalized spacial score (nSPS) is 28.5. The van der Waals surface area contributed by atoms with E-state index in [4.69, 9.17) is 5.11 Å². The SMILES string of the molecule is CCC(CO)NC(=O)C1NCCCC1C. The molecule has 15 heavy (non-hydrogen) atoms. The van der Waals surface area contributed by atoms with Crippen molar-refractivity contribution in [1.29, 1.82) is 0 Å². The molecule has 1 saturated heterocycles. The van der Waals surface area contributed by atoms with Crippen molar-refractivity contribution in [3.05, 3.63) is 0 Å². The number of hydrogen-bond donors (Lipinski definition) is 3. The Hall–Kier alpha value is -0.610. The van der Waals surface area contributed by atoms with Crippen LogP contribution in [0.15, 0.2) is 0 Å². The molecule has 1 rings (SSSR count). The molecule has 0 aliphatic carbocycles. The molecule has 3 unspecified atom stereocenters. The third kappa shape index (κ3) is 3.47. The van der Waals surface area contributed by atoms with E-state index in [0.717, 1.165) is 25.8 Å². The predicted octanol–water partition coefficient (Wildman–Crippen LogP) is 0.262. The Morgan fingerprint density at radius 2 is 2.40 bits per heavy atom. The molecule has 1 amide bonds. The van der Waals surface area contributed by atoms with E-state index < -0.39 is 0 Å². The lowest BCUT2D eigenvalue weighted by atomic mass is 9.92. The third-order valence-corrected chi connectivity index (χ3v) is 3.11. The highest BCUT2D eigenvalue weighted by Gasteiger charge is 2.28. The van der Waals surface area contributed by atoms with E-state index in [2.05, 4.69) is 17.6 Å². The molecular weight excluding hydrogens is 192 g/mol. The third-order valence-electron chi connectivity index (χ3n) is 3.11. The monoisotopic (exact) mass is 214 g/mol. The van der Waals surface area contributed by atoms with Gasteiger partial charge >= 0.3 is 0 Å². The zero-order valence-corrected chi connectivity index (χ0v) is 9.62. The molecule has 88 valence electrons. The van der Waals surface area contributed by atoms with Crippen LogP contribution in [0.25, 0.3) is 0 Å². The first-order valence-corrected chi connectivity index (χ1v) is 5.83. The average molecular weight is 214 g/mol. The lowest BCUT2D eigenvalue weighted by Crippen LogP contribution is -2.53. The molecule has 1 aliphatic heterocycles. The highest BCUT2D eigenvalue weighted by molar-refractivity contribution is 5.82. The molecule has 1 fully saturated rings. The lowest BCUT2D eigenvalue weighted by molar-refractivity contribution is -0.125. The van der Waals surface area contributed by atoms with E-state index >= 15 is 0 Å². The van der Waals surface area contributed by atoms with Crippen molar-refractivity contribution in [2.75, 3.05) is 13.2 Å². The average Bonchev–Trinajstić information content (AvgIpc) is 2.26. The van der Waals surface area contributed by atoms with Crippen LogP contribution in [-0.4, -0.2) is 36.2 Å². The summed E-state index contributed by atoms with van der Waals surface area (Å²) in [6, 6.07) is -0.187. The Labute approximate surface area is 91.4 Å². The summed E-state index contributed by atoms with van der Waals surface area (Å²) in [4.78, 5) is 11.9. The van der Waals surface area contributed by atoms with Crippen molar-refractivity contribution >= 4 is 5.91 Å². The summed E-state index contributed by atoms with van der Waals surface area (Å²) in [5.41, 5.74) is 0. The second kappa shape index (κ2) is 6.08. The van der Waals surface area contributed by atoms with E-state index in [1.54, 1.807) is 0 Å². The molecule has 0 aromatic carbocycles. The molecular formula is C11H22N2O2. The molecule has 3 atom stereocenters. The van der Waals surface area contributed by atoms with E-state index in [0.29, 0.717) is 5.92 Å². The van der Waals surface area contributed by atoms with Gasteiger partial charge in [-0.25, -0.2) is 0 Å². The summed E-state index contributed by atoms with van der Waals surface area (Å²) in [6.45, 7) is 4.98. The number of carbonyl (C=O) groups is 1. The van der Waals surface area contributed by atoms with Gasteiger partial charge in [0.2, 0.25) is 5.91 Å². The zero-order valence-electron chi connectivity index (χ0n) is 9.62. The van der Waals surface area contributed by atoms with Gasteiger partial charge in [-0.15, -0.1) is 0 Å². The van der Waals surface area contributed by atoms with Gasteiger partial charge in [0, 0.05) is 0 Å². The number of carbonyl (C=O) groups excluding carboxylic acids is 1. The molecule has 3 N–H and O–H groups in total. The smallest absolute Gasteiger partial charge is 0.237 e. The largest absolute Gasteiger partial charge is 0.394 e. The molecule has 0 spiro atoms. The summed E-state index contributed by atoms with van der Waals surface area (Å²) >= 11 is 0. The van der Waals surface area contributed by atoms with Crippen LogP contribution < -0.4 is 10.6 Å². The van der Waals surface area contributed by atoms with Gasteiger partial charge in [0.25, 0.3) is 0 Å². The highest BCUT2D eigenvalue weighted by atomic mass is 16.3. The van der Waals surface area contributed by atoms with Crippen LogP contribution >= 0.6 is 0 Å². The number of rotatable bonds is 4. The number of hydrogen-bond acceptors (Lipinski definition) is 3. The van der Waals surface area contributed by atoms with Crippen LogP contribution in [0, 0.1) is 5.92 Å². The number of aliphatic hydroxyl groups excluding tert-OH is 1. The van der Waals surface area contributed by atoms with Crippen LogP contribution in [0.4, 0.5) is 0 Å². The van der Waals surface area contributed by atoms with Gasteiger partial charge < -0.3 is 15.7 Å². The zero-order chi connectivity index (χ0) is 11.3. The number of aliphatic hydroxyl groups is 1. The minimum absolute atomic E-state index is 0.0172. The maximum atomic E-state index is 11.9. The van der Waals surface area contributed by atoms with Crippen LogP contribution in [-0.2, 0) is 4.79 Å². The van der Waals surface area contributed by atoms with Gasteiger partial charge in [-0.1, -0.05) is 13.8 Å². The Bertz CT molecular complexity index is 205. The molecule has 0 radical (unpaired) electrons. The van der Waals surface area contributed by atoms with Crippen molar-refractivity contribution in [3.63, 3.8) is 0 Å². The maximum absolute atomic E-state index is 11.9. The summed E-state index contributed by atoms with van der Waals surface area (Å²) in [5, 5.41) is 15.1. The van der Waals surface area contributed by atoms with Crippen LogP contribution in [0.1, 0.15) is 33.1 Å². The van der Waals surface area contributed by atoms with E-state index in [9.17, 15) is 4.79 Å². The van der Waals surface area contributed by atoms with Crippen molar-refractivity contribution in [1.82, 2.24) is 10.6 Å². The van der Waals surface area contributed by atoms with Gasteiger partial charge in [-0.2, -0.15) is 0 Å². The van der Waals surface area contributed by atoms with E-state index in [1.165, 1.54) is 0 Å². The van der Waals surface area contributed by atoms with Crippen molar-refractivity contribution in [2.45, 2.75) is 45.2 Å². The number of nitrogens with one attached hydrogen (secondary N) is 2. The van der Waals surface area contributed by atoms with Crippen LogP contribution in [0.3, 0.4) is 0 Å².